The van der Waals surface area contributed by atoms with Crippen LogP contribution in [0.15, 0.2) is 48.5 Å². The Hall–Kier alpha value is -3.42. The molecule has 0 aliphatic rings. The number of para-hydroxylation sites is 1. The maximum Gasteiger partial charge on any atom is 0.185 e. The van der Waals surface area contributed by atoms with Crippen LogP contribution in [0.5, 0.6) is 11.5 Å². The fourth-order valence-corrected chi connectivity index (χ4v) is 2.29. The Morgan fingerprint density at radius 3 is 2.19 bits per heavy atom. The SMILES string of the molecule is N=C(N)NCCOc1cccc(-c2ccccc2OCCNC(=N)N)c1. The molecule has 0 bridgehead atoms. The lowest BCUT2D eigenvalue weighted by molar-refractivity contribution is 0.321. The first-order valence-corrected chi connectivity index (χ1v) is 8.17. The second-order valence-corrected chi connectivity index (χ2v) is 5.40. The van der Waals surface area contributed by atoms with Crippen LogP contribution in [0.4, 0.5) is 0 Å². The third kappa shape index (κ3) is 6.23. The van der Waals surface area contributed by atoms with Crippen molar-refractivity contribution in [2.75, 3.05) is 26.3 Å². The van der Waals surface area contributed by atoms with Crippen LogP contribution in [0.3, 0.4) is 0 Å². The molecule has 0 heterocycles. The van der Waals surface area contributed by atoms with Gasteiger partial charge in [0.2, 0.25) is 0 Å². The predicted octanol–water partition coefficient (Wildman–Crippen LogP) is 1.08. The lowest BCUT2D eigenvalue weighted by atomic mass is 10.0. The van der Waals surface area contributed by atoms with Gasteiger partial charge in [0.15, 0.2) is 11.9 Å². The molecule has 8 N–H and O–H groups in total. The van der Waals surface area contributed by atoms with Crippen LogP contribution in [0, 0.1) is 10.8 Å². The summed E-state index contributed by atoms with van der Waals surface area (Å²) in [7, 11) is 0. The lowest BCUT2D eigenvalue weighted by Gasteiger charge is -2.13. The highest BCUT2D eigenvalue weighted by Gasteiger charge is 2.07. The van der Waals surface area contributed by atoms with Crippen molar-refractivity contribution in [3.05, 3.63) is 48.5 Å². The molecule has 0 unspecified atom stereocenters. The van der Waals surface area contributed by atoms with Gasteiger partial charge in [0.25, 0.3) is 0 Å². The van der Waals surface area contributed by atoms with E-state index in [-0.39, 0.29) is 11.9 Å². The first-order chi connectivity index (χ1) is 12.6. The molecule has 138 valence electrons. The van der Waals surface area contributed by atoms with Gasteiger partial charge in [-0.3, -0.25) is 10.8 Å². The van der Waals surface area contributed by atoms with Crippen LogP contribution < -0.4 is 31.6 Å². The molecule has 8 heteroatoms. The summed E-state index contributed by atoms with van der Waals surface area (Å²) in [6.07, 6.45) is 0. The Labute approximate surface area is 152 Å². The van der Waals surface area contributed by atoms with E-state index in [1.54, 1.807) is 0 Å². The summed E-state index contributed by atoms with van der Waals surface area (Å²) in [4.78, 5) is 0. The molecule has 0 spiro atoms. The van der Waals surface area contributed by atoms with Gasteiger partial charge in [-0.05, 0) is 23.8 Å². The zero-order valence-corrected chi connectivity index (χ0v) is 14.4. The summed E-state index contributed by atoms with van der Waals surface area (Å²) in [6.45, 7) is 1.71. The largest absolute Gasteiger partial charge is 0.492 e. The molecule has 0 aliphatic carbocycles. The van der Waals surface area contributed by atoms with E-state index in [1.165, 1.54) is 0 Å². The van der Waals surface area contributed by atoms with Crippen LogP contribution in [0.1, 0.15) is 0 Å². The van der Waals surface area contributed by atoms with Crippen LogP contribution >= 0.6 is 0 Å². The third-order valence-electron chi connectivity index (χ3n) is 3.39. The fraction of sp³-hybridized carbons (Fsp3) is 0.222. The Kier molecular flexibility index (Phi) is 7.11. The van der Waals surface area contributed by atoms with E-state index in [1.807, 2.05) is 48.5 Å². The van der Waals surface area contributed by atoms with E-state index in [9.17, 15) is 0 Å². The molecule has 2 aromatic rings. The van der Waals surface area contributed by atoms with Gasteiger partial charge < -0.3 is 31.6 Å². The van der Waals surface area contributed by atoms with Gasteiger partial charge in [-0.1, -0.05) is 30.3 Å². The van der Waals surface area contributed by atoms with E-state index in [0.29, 0.717) is 26.3 Å². The Morgan fingerprint density at radius 2 is 1.50 bits per heavy atom. The highest BCUT2D eigenvalue weighted by Crippen LogP contribution is 2.31. The summed E-state index contributed by atoms with van der Waals surface area (Å²) in [5.41, 5.74) is 12.4. The molecule has 2 rings (SSSR count). The average molecular weight is 356 g/mol. The molecule has 26 heavy (non-hydrogen) atoms. The Morgan fingerprint density at radius 1 is 0.846 bits per heavy atom. The molecule has 0 atom stereocenters. The lowest BCUT2D eigenvalue weighted by Crippen LogP contribution is -2.33. The summed E-state index contributed by atoms with van der Waals surface area (Å²) in [5.74, 6) is 1.31. The molecule has 0 aliphatic heterocycles. The van der Waals surface area contributed by atoms with E-state index < -0.39 is 0 Å². The highest BCUT2D eigenvalue weighted by atomic mass is 16.5. The molecule has 0 saturated carbocycles. The molecule has 2 aromatic carbocycles. The van der Waals surface area contributed by atoms with Crippen molar-refractivity contribution in [2.24, 2.45) is 11.5 Å². The minimum Gasteiger partial charge on any atom is -0.492 e. The zero-order chi connectivity index (χ0) is 18.8. The first-order valence-electron chi connectivity index (χ1n) is 8.17. The van der Waals surface area contributed by atoms with E-state index in [4.69, 9.17) is 31.8 Å². The van der Waals surface area contributed by atoms with E-state index >= 15 is 0 Å². The van der Waals surface area contributed by atoms with Gasteiger partial charge >= 0.3 is 0 Å². The number of nitrogens with one attached hydrogen (secondary N) is 4. The number of hydrogen-bond acceptors (Lipinski definition) is 4. The number of benzene rings is 2. The molecular formula is C18H24N6O2. The zero-order valence-electron chi connectivity index (χ0n) is 14.4. The maximum absolute atomic E-state index is 7.14. The number of guanidine groups is 2. The average Bonchev–Trinajstić information content (AvgIpc) is 2.63. The number of rotatable bonds is 9. The van der Waals surface area contributed by atoms with E-state index in [2.05, 4.69) is 10.6 Å². The van der Waals surface area contributed by atoms with E-state index in [0.717, 1.165) is 22.6 Å². The van der Waals surface area contributed by atoms with Crippen LogP contribution in [0.2, 0.25) is 0 Å². The number of hydrogen-bond donors (Lipinski definition) is 6. The highest BCUT2D eigenvalue weighted by molar-refractivity contribution is 5.74. The van der Waals surface area contributed by atoms with Crippen molar-refractivity contribution < 1.29 is 9.47 Å². The molecule has 0 saturated heterocycles. The number of ether oxygens (including phenoxy) is 2. The summed E-state index contributed by atoms with van der Waals surface area (Å²) in [5, 5.41) is 19.7. The minimum atomic E-state index is -0.0778. The smallest absolute Gasteiger partial charge is 0.185 e. The van der Waals surface area contributed by atoms with Crippen molar-refractivity contribution in [1.29, 1.82) is 10.8 Å². The van der Waals surface area contributed by atoms with Crippen LogP contribution in [-0.2, 0) is 0 Å². The normalized spacial score (nSPS) is 10.0. The third-order valence-corrected chi connectivity index (χ3v) is 3.39. The van der Waals surface area contributed by atoms with Crippen molar-refractivity contribution >= 4 is 11.9 Å². The molecular weight excluding hydrogens is 332 g/mol. The quantitative estimate of drug-likeness (QED) is 0.225. The molecule has 8 nitrogen and oxygen atoms in total. The molecule has 0 radical (unpaired) electrons. The van der Waals surface area contributed by atoms with Crippen molar-refractivity contribution in [3.63, 3.8) is 0 Å². The fourth-order valence-electron chi connectivity index (χ4n) is 2.29. The van der Waals surface area contributed by atoms with Crippen molar-refractivity contribution in [1.82, 2.24) is 10.6 Å². The van der Waals surface area contributed by atoms with Crippen molar-refractivity contribution in [3.8, 4) is 22.6 Å². The summed E-state index contributed by atoms with van der Waals surface area (Å²) in [6, 6.07) is 15.4. The van der Waals surface area contributed by atoms with Gasteiger partial charge in [-0.25, -0.2) is 0 Å². The molecule has 0 aromatic heterocycles. The summed E-state index contributed by atoms with van der Waals surface area (Å²) < 4.78 is 11.5. The van der Waals surface area contributed by atoms with Gasteiger partial charge in [0.1, 0.15) is 24.7 Å². The Balaban J connectivity index is 2.02. The second kappa shape index (κ2) is 9.77. The topological polar surface area (TPSA) is 142 Å². The molecule has 0 amide bonds. The standard InChI is InChI=1S/C18H24N6O2/c19-17(20)23-8-10-25-14-5-3-4-13(12-14)15-6-1-2-7-16(15)26-11-9-24-18(21)22/h1-7,12H,8-11H2,(H4,19,20,23)(H4,21,22,24). The second-order valence-electron chi connectivity index (χ2n) is 5.40. The number of nitrogens with two attached hydrogens (primary N) is 2. The van der Waals surface area contributed by atoms with Gasteiger partial charge in [0.05, 0.1) is 13.1 Å². The van der Waals surface area contributed by atoms with Gasteiger partial charge in [0, 0.05) is 5.56 Å². The minimum absolute atomic E-state index is 0.0762. The van der Waals surface area contributed by atoms with Gasteiger partial charge in [-0.2, -0.15) is 0 Å². The van der Waals surface area contributed by atoms with Crippen LogP contribution in [0.25, 0.3) is 11.1 Å². The summed E-state index contributed by atoms with van der Waals surface area (Å²) >= 11 is 0. The monoisotopic (exact) mass is 356 g/mol. The predicted molar refractivity (Wildman–Crippen MR) is 103 cm³/mol. The Bertz CT molecular complexity index is 750. The first kappa shape index (κ1) is 18.9. The maximum atomic E-state index is 7.14. The van der Waals surface area contributed by atoms with Crippen molar-refractivity contribution in [2.45, 2.75) is 0 Å². The van der Waals surface area contributed by atoms with Gasteiger partial charge in [-0.15, -0.1) is 0 Å². The molecule has 0 fully saturated rings. The van der Waals surface area contributed by atoms with Crippen LogP contribution in [-0.4, -0.2) is 38.2 Å².